The van der Waals surface area contributed by atoms with Crippen LogP contribution >= 0.6 is 0 Å². The van der Waals surface area contributed by atoms with Crippen LogP contribution in [0.3, 0.4) is 0 Å². The summed E-state index contributed by atoms with van der Waals surface area (Å²) in [4.78, 5) is 27.2. The highest BCUT2D eigenvalue weighted by atomic mass is 16.6. The normalized spacial score (nSPS) is 21.7. The SMILES string of the molecule is CC(C)CC(CC(C)C)(C(N)=O)C1OCCCOCCOCCCOC1C(CC(C)C)(CC(C)C)C(N)=O. The Hall–Kier alpha value is -1.22. The minimum Gasteiger partial charge on any atom is -0.379 e. The van der Waals surface area contributed by atoms with Crippen molar-refractivity contribution in [3.8, 4) is 0 Å². The van der Waals surface area contributed by atoms with Crippen molar-refractivity contribution >= 4 is 11.8 Å². The predicted molar refractivity (Wildman–Crippen MR) is 151 cm³/mol. The van der Waals surface area contributed by atoms with Crippen LogP contribution in [0.2, 0.25) is 0 Å². The number of carbonyl (C=O) groups excluding carboxylic acids is 2. The van der Waals surface area contributed by atoms with E-state index < -0.39 is 34.9 Å². The molecule has 0 spiro atoms. The first-order valence-electron chi connectivity index (χ1n) is 14.8. The largest absolute Gasteiger partial charge is 0.379 e. The van der Waals surface area contributed by atoms with Gasteiger partial charge in [-0.15, -0.1) is 0 Å². The number of hydrogen-bond donors (Lipinski definition) is 2. The molecule has 1 saturated heterocycles. The van der Waals surface area contributed by atoms with E-state index in [-0.39, 0.29) is 23.7 Å². The van der Waals surface area contributed by atoms with Crippen molar-refractivity contribution in [1.29, 1.82) is 0 Å². The Morgan fingerprint density at radius 2 is 0.868 bits per heavy atom. The lowest BCUT2D eigenvalue weighted by molar-refractivity contribution is -0.197. The Balaban J connectivity index is 3.88. The molecule has 1 heterocycles. The second-order valence-corrected chi connectivity index (χ2v) is 12.9. The molecule has 8 heteroatoms. The van der Waals surface area contributed by atoms with Crippen molar-refractivity contribution < 1.29 is 28.5 Å². The van der Waals surface area contributed by atoms with E-state index in [9.17, 15) is 9.59 Å². The summed E-state index contributed by atoms with van der Waals surface area (Å²) in [6.45, 7) is 19.5. The third-order valence-corrected chi connectivity index (χ3v) is 7.27. The van der Waals surface area contributed by atoms with Gasteiger partial charge in [-0.3, -0.25) is 9.59 Å². The third-order valence-electron chi connectivity index (χ3n) is 7.27. The molecule has 0 bridgehead atoms. The highest BCUT2D eigenvalue weighted by Gasteiger charge is 2.57. The van der Waals surface area contributed by atoms with Gasteiger partial charge in [-0.05, 0) is 62.2 Å². The van der Waals surface area contributed by atoms with Crippen LogP contribution in [0.5, 0.6) is 0 Å². The van der Waals surface area contributed by atoms with Crippen molar-refractivity contribution in [2.45, 2.75) is 106 Å². The fraction of sp³-hybridized carbons (Fsp3) is 0.933. The fourth-order valence-corrected chi connectivity index (χ4v) is 6.37. The maximum absolute atomic E-state index is 13.6. The standard InChI is InChI=1S/C30H58N2O6/c1-21(2)17-29(27(31)33,18-22(3)4)25-26(30(28(32)34,19-23(5)6)20-24(7)8)38-14-10-12-36-16-15-35-11-9-13-37-25/h21-26H,9-20H2,1-8H3,(H2,31,33)(H2,32,34). The van der Waals surface area contributed by atoms with Gasteiger partial charge >= 0.3 is 0 Å². The summed E-state index contributed by atoms with van der Waals surface area (Å²) >= 11 is 0. The van der Waals surface area contributed by atoms with E-state index in [1.165, 1.54) is 0 Å². The third kappa shape index (κ3) is 10.4. The molecule has 0 aromatic carbocycles. The number of nitrogens with two attached hydrogens (primary N) is 2. The molecule has 224 valence electrons. The molecule has 0 aromatic heterocycles. The zero-order valence-corrected chi connectivity index (χ0v) is 25.6. The Labute approximate surface area is 232 Å². The zero-order chi connectivity index (χ0) is 28.9. The summed E-state index contributed by atoms with van der Waals surface area (Å²) < 4.78 is 24.8. The molecule has 8 nitrogen and oxygen atoms in total. The highest BCUT2D eigenvalue weighted by Crippen LogP contribution is 2.48. The molecule has 2 amide bonds. The summed E-state index contributed by atoms with van der Waals surface area (Å²) in [5.41, 5.74) is 10.6. The molecule has 1 rings (SSSR count). The molecule has 0 radical (unpaired) electrons. The maximum atomic E-state index is 13.6. The van der Waals surface area contributed by atoms with Gasteiger partial charge < -0.3 is 30.4 Å². The van der Waals surface area contributed by atoms with Gasteiger partial charge in [0.15, 0.2) is 0 Å². The predicted octanol–water partition coefficient (Wildman–Crippen LogP) is 4.71. The van der Waals surface area contributed by atoms with Crippen LogP contribution in [0.15, 0.2) is 0 Å². The van der Waals surface area contributed by atoms with Gasteiger partial charge in [0.2, 0.25) is 11.8 Å². The minimum absolute atomic E-state index is 0.175. The van der Waals surface area contributed by atoms with E-state index in [1.807, 2.05) is 0 Å². The van der Waals surface area contributed by atoms with Gasteiger partial charge in [0.1, 0.15) is 0 Å². The number of rotatable bonds is 12. The molecule has 1 fully saturated rings. The Morgan fingerprint density at radius 3 is 1.11 bits per heavy atom. The zero-order valence-electron chi connectivity index (χ0n) is 25.6. The summed E-state index contributed by atoms with van der Waals surface area (Å²) in [6, 6.07) is 0. The summed E-state index contributed by atoms with van der Waals surface area (Å²) in [5.74, 6) is -0.123. The summed E-state index contributed by atoms with van der Waals surface area (Å²) in [5, 5.41) is 0. The molecule has 0 aliphatic carbocycles. The molecule has 1 aliphatic heterocycles. The first-order chi connectivity index (χ1) is 17.8. The van der Waals surface area contributed by atoms with Crippen LogP contribution in [0, 0.1) is 34.5 Å². The monoisotopic (exact) mass is 542 g/mol. The molecular formula is C30H58N2O6. The van der Waals surface area contributed by atoms with Crippen molar-refractivity contribution in [2.75, 3.05) is 39.6 Å². The molecule has 38 heavy (non-hydrogen) atoms. The number of carbonyl (C=O) groups is 2. The number of amides is 2. The van der Waals surface area contributed by atoms with Gasteiger partial charge in [-0.25, -0.2) is 0 Å². The van der Waals surface area contributed by atoms with E-state index in [1.54, 1.807) is 0 Å². The highest BCUT2D eigenvalue weighted by molar-refractivity contribution is 5.84. The lowest BCUT2D eigenvalue weighted by atomic mass is 9.60. The Morgan fingerprint density at radius 1 is 0.579 bits per heavy atom. The first-order valence-corrected chi connectivity index (χ1v) is 14.8. The van der Waals surface area contributed by atoms with Gasteiger partial charge in [-0.1, -0.05) is 55.4 Å². The van der Waals surface area contributed by atoms with Crippen LogP contribution in [-0.2, 0) is 28.5 Å². The second-order valence-electron chi connectivity index (χ2n) is 12.9. The van der Waals surface area contributed by atoms with E-state index in [4.69, 9.17) is 30.4 Å². The summed E-state index contributed by atoms with van der Waals surface area (Å²) in [7, 11) is 0. The van der Waals surface area contributed by atoms with Crippen molar-refractivity contribution in [3.05, 3.63) is 0 Å². The second kappa shape index (κ2) is 16.8. The lowest BCUT2D eigenvalue weighted by Gasteiger charge is -2.50. The van der Waals surface area contributed by atoms with Crippen molar-refractivity contribution in [3.63, 3.8) is 0 Å². The van der Waals surface area contributed by atoms with Gasteiger partial charge in [0.05, 0.1) is 36.3 Å². The van der Waals surface area contributed by atoms with Crippen LogP contribution < -0.4 is 11.5 Å². The van der Waals surface area contributed by atoms with E-state index in [0.29, 0.717) is 78.2 Å². The van der Waals surface area contributed by atoms with Crippen molar-refractivity contribution in [2.24, 2.45) is 46.0 Å². The van der Waals surface area contributed by atoms with Crippen LogP contribution in [0.1, 0.15) is 93.9 Å². The molecule has 0 saturated carbocycles. The topological polar surface area (TPSA) is 123 Å². The number of ether oxygens (including phenoxy) is 4. The molecule has 2 atom stereocenters. The van der Waals surface area contributed by atoms with Crippen LogP contribution in [0.25, 0.3) is 0 Å². The van der Waals surface area contributed by atoms with Crippen LogP contribution in [0.4, 0.5) is 0 Å². The average Bonchev–Trinajstić information content (AvgIpc) is 2.77. The quantitative estimate of drug-likeness (QED) is 0.368. The Kier molecular flexibility index (Phi) is 15.4. The molecule has 0 aromatic rings. The average molecular weight is 543 g/mol. The summed E-state index contributed by atoms with van der Waals surface area (Å²) in [6.07, 6.45) is 1.92. The smallest absolute Gasteiger partial charge is 0.226 e. The van der Waals surface area contributed by atoms with Gasteiger partial charge in [0, 0.05) is 26.4 Å². The fourth-order valence-electron chi connectivity index (χ4n) is 6.37. The van der Waals surface area contributed by atoms with E-state index >= 15 is 0 Å². The van der Waals surface area contributed by atoms with Gasteiger partial charge in [0.25, 0.3) is 0 Å². The lowest BCUT2D eigenvalue weighted by Crippen LogP contribution is -2.62. The molecular weight excluding hydrogens is 484 g/mol. The molecule has 2 unspecified atom stereocenters. The van der Waals surface area contributed by atoms with Crippen molar-refractivity contribution in [1.82, 2.24) is 0 Å². The number of primary amides is 2. The Bertz CT molecular complexity index is 616. The maximum Gasteiger partial charge on any atom is 0.226 e. The molecule has 1 aliphatic rings. The minimum atomic E-state index is -1.03. The van der Waals surface area contributed by atoms with Crippen LogP contribution in [-0.4, -0.2) is 63.7 Å². The first kappa shape index (κ1) is 34.8. The van der Waals surface area contributed by atoms with Gasteiger partial charge in [-0.2, -0.15) is 0 Å². The van der Waals surface area contributed by atoms with E-state index in [2.05, 4.69) is 55.4 Å². The molecule has 4 N–H and O–H groups in total. The number of hydrogen-bond acceptors (Lipinski definition) is 6. The van der Waals surface area contributed by atoms with E-state index in [0.717, 1.165) is 0 Å².